The Bertz CT molecular complexity index is 253. The molecule has 0 aromatic carbocycles. The second-order valence-electron chi connectivity index (χ2n) is 5.01. The molecule has 3 N–H and O–H groups in total. The van der Waals surface area contributed by atoms with Crippen LogP contribution in [0.5, 0.6) is 0 Å². The van der Waals surface area contributed by atoms with Crippen molar-refractivity contribution in [1.82, 2.24) is 0 Å². The maximum Gasteiger partial charge on any atom is 0.331 e. The van der Waals surface area contributed by atoms with Gasteiger partial charge in [-0.2, -0.15) is 0 Å². The van der Waals surface area contributed by atoms with Crippen LogP contribution >= 0.6 is 0 Å². The average Bonchev–Trinajstić information content (AvgIpc) is 2.95. The van der Waals surface area contributed by atoms with Crippen LogP contribution in [0.3, 0.4) is 0 Å². The molecule has 0 spiro atoms. The molecule has 4 nitrogen and oxygen atoms in total. The molecule has 0 saturated heterocycles. The number of aliphatic carboxylic acids is 1. The summed E-state index contributed by atoms with van der Waals surface area (Å²) in [5.74, 6) is 0.417. The van der Waals surface area contributed by atoms with Gasteiger partial charge in [-0.15, -0.1) is 0 Å². The number of carboxylic acid groups (broad SMARTS) is 1. The van der Waals surface area contributed by atoms with Crippen LogP contribution in [0.2, 0.25) is 0 Å². The molecule has 0 radical (unpaired) electrons. The van der Waals surface area contributed by atoms with Crippen molar-refractivity contribution < 1.29 is 20.1 Å². The number of fused-ring (bicyclic) bond motifs is 2. The van der Waals surface area contributed by atoms with Gasteiger partial charge in [0.1, 0.15) is 0 Å². The molecule has 0 aromatic rings. The van der Waals surface area contributed by atoms with Crippen LogP contribution in [0.15, 0.2) is 12.2 Å². The third-order valence-corrected chi connectivity index (χ3v) is 3.84. The highest BCUT2D eigenvalue weighted by molar-refractivity contribution is 5.86. The number of aliphatic hydroxyl groups is 2. The maximum absolute atomic E-state index is 10.1. The van der Waals surface area contributed by atoms with Crippen LogP contribution in [0.25, 0.3) is 0 Å². The van der Waals surface area contributed by atoms with Crippen molar-refractivity contribution in [3.8, 4) is 0 Å². The minimum Gasteiger partial charge on any atom is -0.478 e. The average molecular weight is 242 g/mol. The molecule has 2 bridgehead atoms. The van der Waals surface area contributed by atoms with Crippen LogP contribution in [-0.2, 0) is 4.79 Å². The van der Waals surface area contributed by atoms with E-state index in [-0.39, 0.29) is 18.8 Å². The molecule has 2 saturated carbocycles. The molecule has 0 aliphatic heterocycles. The van der Waals surface area contributed by atoms with Gasteiger partial charge in [-0.1, -0.05) is 32.3 Å². The predicted molar refractivity (Wildman–Crippen MR) is 64.5 cm³/mol. The molecule has 0 heterocycles. The minimum absolute atomic E-state index is 0.162. The van der Waals surface area contributed by atoms with Crippen molar-refractivity contribution in [2.75, 3.05) is 13.2 Å². The summed E-state index contributed by atoms with van der Waals surface area (Å²) in [6.07, 6.45) is 7.82. The summed E-state index contributed by atoms with van der Waals surface area (Å²) in [6.45, 7) is 2.40. The summed E-state index contributed by atoms with van der Waals surface area (Å²) >= 11 is 0. The summed E-state index contributed by atoms with van der Waals surface area (Å²) in [6, 6.07) is 0. The van der Waals surface area contributed by atoms with Crippen molar-refractivity contribution >= 4 is 5.97 Å². The van der Waals surface area contributed by atoms with Gasteiger partial charge < -0.3 is 15.3 Å². The highest BCUT2D eigenvalue weighted by atomic mass is 16.4. The maximum atomic E-state index is 10.1. The second-order valence-corrected chi connectivity index (χ2v) is 5.01. The van der Waals surface area contributed by atoms with Gasteiger partial charge in [0.15, 0.2) is 0 Å². The standard InChI is InChI=1S/C7H12.C6H10O4/c1-2-7-4-3-6(1)5-7;1-4(6(9)10)5(2-7)3-8/h6-7H,1-5H2;5,7-8H,1-3H2,(H,9,10). The van der Waals surface area contributed by atoms with E-state index in [1.54, 1.807) is 32.1 Å². The number of hydrogen-bond donors (Lipinski definition) is 3. The lowest BCUT2D eigenvalue weighted by molar-refractivity contribution is -0.133. The Morgan fingerprint density at radius 1 is 1.12 bits per heavy atom. The van der Waals surface area contributed by atoms with Crippen molar-refractivity contribution in [2.24, 2.45) is 17.8 Å². The summed E-state index contributed by atoms with van der Waals surface area (Å²) in [7, 11) is 0. The van der Waals surface area contributed by atoms with E-state index in [2.05, 4.69) is 6.58 Å². The lowest BCUT2D eigenvalue weighted by atomic mass is 10.0. The summed E-state index contributed by atoms with van der Waals surface area (Å²) in [5, 5.41) is 25.2. The largest absolute Gasteiger partial charge is 0.478 e. The fourth-order valence-corrected chi connectivity index (χ4v) is 2.63. The molecule has 0 amide bonds. The molecule has 0 unspecified atom stereocenters. The molecule has 4 heteroatoms. The molecule has 2 rings (SSSR count). The van der Waals surface area contributed by atoms with E-state index in [1.807, 2.05) is 0 Å². The smallest absolute Gasteiger partial charge is 0.331 e. The van der Waals surface area contributed by atoms with E-state index in [1.165, 1.54) is 11.8 Å². The number of carboxylic acids is 1. The summed E-state index contributed by atoms with van der Waals surface area (Å²) in [5.41, 5.74) is -0.162. The van der Waals surface area contributed by atoms with Gasteiger partial charge in [-0.05, 0) is 18.3 Å². The molecule has 2 fully saturated rings. The Morgan fingerprint density at radius 2 is 1.53 bits per heavy atom. The Morgan fingerprint density at radius 3 is 1.65 bits per heavy atom. The van der Waals surface area contributed by atoms with Gasteiger partial charge in [-0.25, -0.2) is 4.79 Å². The third kappa shape index (κ3) is 4.13. The number of carbonyl (C=O) groups is 1. The first-order valence-electron chi connectivity index (χ1n) is 6.22. The van der Waals surface area contributed by atoms with E-state index in [0.29, 0.717) is 0 Å². The van der Waals surface area contributed by atoms with Gasteiger partial charge >= 0.3 is 5.97 Å². The SMILES string of the molecule is C1CC2CCC1C2.C=C(C(=O)O)C(CO)CO. The zero-order valence-electron chi connectivity index (χ0n) is 10.1. The van der Waals surface area contributed by atoms with Crippen molar-refractivity contribution in [3.05, 3.63) is 12.2 Å². The lowest BCUT2D eigenvalue weighted by Gasteiger charge is -2.08. The van der Waals surface area contributed by atoms with Gasteiger partial charge in [0.25, 0.3) is 0 Å². The van der Waals surface area contributed by atoms with Crippen LogP contribution in [-0.4, -0.2) is 34.5 Å². The lowest BCUT2D eigenvalue weighted by Crippen LogP contribution is -2.18. The van der Waals surface area contributed by atoms with E-state index >= 15 is 0 Å². The molecular formula is C13H22O4. The highest BCUT2D eigenvalue weighted by Crippen LogP contribution is 2.43. The topological polar surface area (TPSA) is 77.8 Å². The van der Waals surface area contributed by atoms with Crippen LogP contribution in [0, 0.1) is 17.8 Å². The Kier molecular flexibility index (Phi) is 5.65. The van der Waals surface area contributed by atoms with Gasteiger partial charge in [0, 0.05) is 11.5 Å². The normalized spacial score (nSPS) is 25.6. The summed E-state index contributed by atoms with van der Waals surface area (Å²) < 4.78 is 0. The fraction of sp³-hybridized carbons (Fsp3) is 0.769. The van der Waals surface area contributed by atoms with E-state index < -0.39 is 11.9 Å². The minimum atomic E-state index is -1.19. The molecule has 2 aliphatic rings. The predicted octanol–water partition coefficient (Wildman–Crippen LogP) is 1.42. The molecule has 98 valence electrons. The zero-order valence-corrected chi connectivity index (χ0v) is 10.1. The summed E-state index contributed by atoms with van der Waals surface area (Å²) in [4.78, 5) is 10.1. The van der Waals surface area contributed by atoms with E-state index in [9.17, 15) is 4.79 Å². The van der Waals surface area contributed by atoms with Crippen LogP contribution in [0.4, 0.5) is 0 Å². The van der Waals surface area contributed by atoms with E-state index in [4.69, 9.17) is 15.3 Å². The van der Waals surface area contributed by atoms with Crippen LogP contribution < -0.4 is 0 Å². The first-order chi connectivity index (χ1) is 8.08. The Balaban J connectivity index is 0.000000177. The Labute approximate surface area is 102 Å². The van der Waals surface area contributed by atoms with E-state index in [0.717, 1.165) is 0 Å². The Hall–Kier alpha value is -0.870. The molecule has 17 heavy (non-hydrogen) atoms. The van der Waals surface area contributed by atoms with Crippen LogP contribution in [0.1, 0.15) is 32.1 Å². The van der Waals surface area contributed by atoms with Gasteiger partial charge in [-0.3, -0.25) is 0 Å². The quantitative estimate of drug-likeness (QED) is 0.652. The fourth-order valence-electron chi connectivity index (χ4n) is 2.63. The molecule has 0 aromatic heterocycles. The van der Waals surface area contributed by atoms with Gasteiger partial charge in [0.2, 0.25) is 0 Å². The van der Waals surface area contributed by atoms with Crippen molar-refractivity contribution in [3.63, 3.8) is 0 Å². The first-order valence-corrected chi connectivity index (χ1v) is 6.22. The third-order valence-electron chi connectivity index (χ3n) is 3.84. The molecular weight excluding hydrogens is 220 g/mol. The first kappa shape index (κ1) is 14.2. The molecule has 2 aliphatic carbocycles. The number of hydrogen-bond acceptors (Lipinski definition) is 3. The van der Waals surface area contributed by atoms with Crippen molar-refractivity contribution in [2.45, 2.75) is 32.1 Å². The van der Waals surface area contributed by atoms with Crippen molar-refractivity contribution in [1.29, 1.82) is 0 Å². The second kappa shape index (κ2) is 6.77. The number of aliphatic hydroxyl groups excluding tert-OH is 2. The zero-order chi connectivity index (χ0) is 12.8. The monoisotopic (exact) mass is 242 g/mol. The van der Waals surface area contributed by atoms with Gasteiger partial charge in [0.05, 0.1) is 13.2 Å². The molecule has 0 atom stereocenters. The number of rotatable bonds is 4. The highest BCUT2D eigenvalue weighted by Gasteiger charge is 2.30.